The molecule has 1 heterocycles. The quantitative estimate of drug-likeness (QED) is 0.489. The van der Waals surface area contributed by atoms with Gasteiger partial charge in [-0.15, -0.1) is 0 Å². The molecule has 0 bridgehead atoms. The summed E-state index contributed by atoms with van der Waals surface area (Å²) in [5, 5.41) is 0. The zero-order chi connectivity index (χ0) is 15.7. The monoisotopic (exact) mass is 296 g/mol. The van der Waals surface area contributed by atoms with Gasteiger partial charge in [0.05, 0.1) is 16.7 Å². The Hall–Kier alpha value is -3.28. The Morgan fingerprint density at radius 3 is 2.50 bits per heavy atom. The third-order valence-corrected chi connectivity index (χ3v) is 3.24. The molecule has 1 aliphatic heterocycles. The van der Waals surface area contributed by atoms with E-state index in [2.05, 4.69) is 9.47 Å². The molecule has 0 aliphatic carbocycles. The predicted octanol–water partition coefficient (Wildman–Crippen LogP) is 1.98. The van der Waals surface area contributed by atoms with Crippen LogP contribution in [0.2, 0.25) is 0 Å². The Labute approximate surface area is 124 Å². The summed E-state index contributed by atoms with van der Waals surface area (Å²) in [6, 6.07) is 10.9. The maximum Gasteiger partial charge on any atom is 0.347 e. The van der Waals surface area contributed by atoms with Crippen LogP contribution in [-0.4, -0.2) is 24.4 Å². The number of hydrogen-bond acceptors (Lipinski definition) is 6. The minimum atomic E-state index is -0.803. The summed E-state index contributed by atoms with van der Waals surface area (Å²) in [4.78, 5) is 45.2. The van der Waals surface area contributed by atoms with E-state index in [1.165, 1.54) is 18.2 Å². The van der Waals surface area contributed by atoms with Gasteiger partial charge < -0.3 is 9.47 Å². The van der Waals surface area contributed by atoms with Crippen molar-refractivity contribution in [2.24, 2.45) is 0 Å². The number of hydrogen-bond donors (Lipinski definition) is 0. The van der Waals surface area contributed by atoms with Crippen molar-refractivity contribution >= 4 is 24.4 Å². The molecule has 1 aliphatic rings. The fraction of sp³-hybridized carbons (Fsp3) is 0. The highest BCUT2D eigenvalue weighted by atomic mass is 16.6. The van der Waals surface area contributed by atoms with Crippen LogP contribution >= 0.6 is 0 Å². The summed E-state index contributed by atoms with van der Waals surface area (Å²) in [6.45, 7) is 0.0469. The van der Waals surface area contributed by atoms with Gasteiger partial charge in [-0.25, -0.2) is 14.4 Å². The van der Waals surface area contributed by atoms with E-state index in [0.717, 1.165) is 0 Å². The number of rotatable bonds is 3. The van der Waals surface area contributed by atoms with E-state index in [4.69, 9.17) is 0 Å². The molecule has 22 heavy (non-hydrogen) atoms. The second-order valence-corrected chi connectivity index (χ2v) is 4.49. The Morgan fingerprint density at radius 1 is 1.00 bits per heavy atom. The van der Waals surface area contributed by atoms with Gasteiger partial charge in [-0.2, -0.15) is 0 Å². The Morgan fingerprint density at radius 2 is 1.73 bits per heavy atom. The molecule has 0 spiro atoms. The third kappa shape index (κ3) is 2.16. The normalized spacial score (nSPS) is 12.5. The predicted molar refractivity (Wildman–Crippen MR) is 73.1 cm³/mol. The molecular formula is C16H8O6. The standard InChI is InChI=1S/C16H8O6/c17-8-21-14(18)10-4-1-3-9(7-10)11-5-2-6-12-13(11)16(20)22-15(12)19/h1-8H. The first-order valence-corrected chi connectivity index (χ1v) is 6.26. The number of benzene rings is 2. The maximum absolute atomic E-state index is 11.8. The first-order valence-electron chi connectivity index (χ1n) is 6.26. The molecule has 0 amide bonds. The molecule has 6 heteroatoms. The van der Waals surface area contributed by atoms with Crippen molar-refractivity contribution in [1.29, 1.82) is 0 Å². The number of cyclic esters (lactones) is 2. The number of esters is 3. The van der Waals surface area contributed by atoms with Crippen LogP contribution in [0.5, 0.6) is 0 Å². The number of carbonyl (C=O) groups excluding carboxylic acids is 4. The van der Waals surface area contributed by atoms with Crippen LogP contribution in [0.4, 0.5) is 0 Å². The van der Waals surface area contributed by atoms with Crippen molar-refractivity contribution in [3.05, 3.63) is 59.2 Å². The van der Waals surface area contributed by atoms with Crippen molar-refractivity contribution < 1.29 is 28.7 Å². The molecule has 2 aromatic carbocycles. The van der Waals surface area contributed by atoms with E-state index in [9.17, 15) is 19.2 Å². The average Bonchev–Trinajstić information content (AvgIpc) is 2.83. The van der Waals surface area contributed by atoms with E-state index in [1.807, 2.05) is 0 Å². The van der Waals surface area contributed by atoms with Gasteiger partial charge in [0.15, 0.2) is 0 Å². The molecule has 0 N–H and O–H groups in total. The SMILES string of the molecule is O=COC(=O)c1cccc(-c2cccc3c2C(=O)OC3=O)c1. The summed E-state index contributed by atoms with van der Waals surface area (Å²) in [5.41, 5.74) is 1.50. The van der Waals surface area contributed by atoms with E-state index in [-0.39, 0.29) is 23.2 Å². The van der Waals surface area contributed by atoms with Gasteiger partial charge in [0.2, 0.25) is 0 Å². The molecule has 6 nitrogen and oxygen atoms in total. The van der Waals surface area contributed by atoms with Crippen LogP contribution in [0.15, 0.2) is 42.5 Å². The van der Waals surface area contributed by atoms with Crippen LogP contribution in [0.25, 0.3) is 11.1 Å². The van der Waals surface area contributed by atoms with Gasteiger partial charge in [-0.1, -0.05) is 24.3 Å². The smallest absolute Gasteiger partial charge is 0.347 e. The van der Waals surface area contributed by atoms with Crippen molar-refractivity contribution in [2.45, 2.75) is 0 Å². The minimum absolute atomic E-state index is 0.0469. The molecule has 0 saturated heterocycles. The van der Waals surface area contributed by atoms with E-state index in [1.54, 1.807) is 24.3 Å². The van der Waals surface area contributed by atoms with Gasteiger partial charge in [-0.3, -0.25) is 4.79 Å². The molecule has 0 unspecified atom stereocenters. The molecule has 2 aromatic rings. The van der Waals surface area contributed by atoms with Crippen LogP contribution < -0.4 is 0 Å². The fourth-order valence-electron chi connectivity index (χ4n) is 2.30. The van der Waals surface area contributed by atoms with Crippen molar-refractivity contribution in [3.63, 3.8) is 0 Å². The summed E-state index contributed by atoms with van der Waals surface area (Å²) in [6.07, 6.45) is 0. The molecule has 0 radical (unpaired) electrons. The zero-order valence-corrected chi connectivity index (χ0v) is 11.1. The van der Waals surface area contributed by atoms with Gasteiger partial charge in [0, 0.05) is 0 Å². The Bertz CT molecular complexity index is 821. The minimum Gasteiger partial charge on any atom is -0.392 e. The molecule has 3 rings (SSSR count). The highest BCUT2D eigenvalue weighted by molar-refractivity contribution is 6.18. The molecule has 0 fully saturated rings. The van der Waals surface area contributed by atoms with Gasteiger partial charge >= 0.3 is 24.4 Å². The molecule has 108 valence electrons. The van der Waals surface area contributed by atoms with Crippen molar-refractivity contribution in [3.8, 4) is 11.1 Å². The van der Waals surface area contributed by atoms with E-state index in [0.29, 0.717) is 11.1 Å². The third-order valence-electron chi connectivity index (χ3n) is 3.24. The summed E-state index contributed by atoms with van der Waals surface area (Å²) in [7, 11) is 0. The van der Waals surface area contributed by atoms with Crippen molar-refractivity contribution in [1.82, 2.24) is 0 Å². The molecular weight excluding hydrogens is 288 g/mol. The summed E-state index contributed by atoms with van der Waals surface area (Å²) >= 11 is 0. The van der Waals surface area contributed by atoms with Crippen LogP contribution in [0.1, 0.15) is 31.1 Å². The largest absolute Gasteiger partial charge is 0.392 e. The summed E-state index contributed by atoms with van der Waals surface area (Å²) in [5.74, 6) is -2.22. The number of ether oxygens (including phenoxy) is 2. The first kappa shape index (κ1) is 13.7. The molecule has 0 atom stereocenters. The second kappa shape index (κ2) is 5.25. The summed E-state index contributed by atoms with van der Waals surface area (Å²) < 4.78 is 8.88. The van der Waals surface area contributed by atoms with Gasteiger partial charge in [0.1, 0.15) is 0 Å². The Balaban J connectivity index is 2.12. The molecule has 0 aromatic heterocycles. The van der Waals surface area contributed by atoms with Crippen LogP contribution in [-0.2, 0) is 14.3 Å². The highest BCUT2D eigenvalue weighted by Gasteiger charge is 2.32. The highest BCUT2D eigenvalue weighted by Crippen LogP contribution is 2.31. The van der Waals surface area contributed by atoms with E-state index < -0.39 is 17.9 Å². The fourth-order valence-corrected chi connectivity index (χ4v) is 2.30. The zero-order valence-electron chi connectivity index (χ0n) is 11.1. The second-order valence-electron chi connectivity index (χ2n) is 4.49. The lowest BCUT2D eigenvalue weighted by molar-refractivity contribution is -0.123. The number of fused-ring (bicyclic) bond motifs is 1. The van der Waals surface area contributed by atoms with Crippen LogP contribution in [0.3, 0.4) is 0 Å². The van der Waals surface area contributed by atoms with Gasteiger partial charge in [0.25, 0.3) is 0 Å². The Kier molecular flexibility index (Phi) is 3.27. The van der Waals surface area contributed by atoms with Crippen molar-refractivity contribution in [2.75, 3.05) is 0 Å². The average molecular weight is 296 g/mol. The van der Waals surface area contributed by atoms with E-state index >= 15 is 0 Å². The molecule has 0 saturated carbocycles. The van der Waals surface area contributed by atoms with Gasteiger partial charge in [-0.05, 0) is 29.3 Å². The lowest BCUT2D eigenvalue weighted by Gasteiger charge is -2.06. The first-order chi connectivity index (χ1) is 10.6. The lowest BCUT2D eigenvalue weighted by Crippen LogP contribution is -2.04. The topological polar surface area (TPSA) is 86.7 Å². The lowest BCUT2D eigenvalue weighted by atomic mass is 9.95. The number of carbonyl (C=O) groups is 4. The maximum atomic E-state index is 11.8. The van der Waals surface area contributed by atoms with Crippen LogP contribution in [0, 0.1) is 0 Å².